The van der Waals surface area contributed by atoms with Gasteiger partial charge in [-0.2, -0.15) is 5.26 Å². The molecule has 1 aromatic heterocycles. The van der Waals surface area contributed by atoms with Crippen molar-refractivity contribution in [2.45, 2.75) is 12.7 Å². The second-order valence-corrected chi connectivity index (χ2v) is 6.17. The number of hydrogen-bond acceptors (Lipinski definition) is 5. The van der Waals surface area contributed by atoms with Gasteiger partial charge in [0.15, 0.2) is 11.6 Å². The largest absolute Gasteiger partial charge is 0.504 e. The molecule has 7 heteroatoms. The maximum absolute atomic E-state index is 12.1. The summed E-state index contributed by atoms with van der Waals surface area (Å²) < 4.78 is 26.5. The summed E-state index contributed by atoms with van der Waals surface area (Å²) in [5.41, 5.74) is 1.26. The standard InChI is InChI=1S/C14H13N3O3S/c1-10-6-7-13(18)14(16-10)17-21(19,20)9-12-5-3-2-4-11(12)8-15/h2-7,18H,9H2,1H3,(H,16,17). The Hall–Kier alpha value is -2.59. The van der Waals surface area contributed by atoms with E-state index in [0.29, 0.717) is 16.8 Å². The van der Waals surface area contributed by atoms with Gasteiger partial charge >= 0.3 is 0 Å². The number of nitrogens with one attached hydrogen (secondary N) is 1. The summed E-state index contributed by atoms with van der Waals surface area (Å²) in [6, 6.07) is 11.3. The van der Waals surface area contributed by atoms with E-state index in [1.54, 1.807) is 37.3 Å². The number of hydrogen-bond donors (Lipinski definition) is 2. The highest BCUT2D eigenvalue weighted by atomic mass is 32.2. The summed E-state index contributed by atoms with van der Waals surface area (Å²) in [5, 5.41) is 18.6. The highest BCUT2D eigenvalue weighted by Gasteiger charge is 2.17. The van der Waals surface area contributed by atoms with Gasteiger partial charge in [-0.05, 0) is 30.7 Å². The Bertz CT molecular complexity index is 810. The summed E-state index contributed by atoms with van der Waals surface area (Å²) >= 11 is 0. The van der Waals surface area contributed by atoms with Crippen molar-refractivity contribution in [3.63, 3.8) is 0 Å². The van der Waals surface area contributed by atoms with Crippen LogP contribution in [0.1, 0.15) is 16.8 Å². The third kappa shape index (κ3) is 3.70. The lowest BCUT2D eigenvalue weighted by Crippen LogP contribution is -2.16. The number of aromatic hydroxyl groups is 1. The molecule has 2 aromatic rings. The van der Waals surface area contributed by atoms with E-state index in [9.17, 15) is 13.5 Å². The minimum atomic E-state index is -3.78. The lowest BCUT2D eigenvalue weighted by Gasteiger charge is -2.10. The SMILES string of the molecule is Cc1ccc(O)c(NS(=O)(=O)Cc2ccccc2C#N)n1. The Morgan fingerprint density at radius 2 is 2.00 bits per heavy atom. The van der Waals surface area contributed by atoms with Crippen LogP contribution in [-0.2, 0) is 15.8 Å². The molecular weight excluding hydrogens is 290 g/mol. The molecule has 0 aliphatic heterocycles. The Labute approximate surface area is 122 Å². The molecule has 0 aliphatic carbocycles. The maximum Gasteiger partial charge on any atom is 0.238 e. The molecule has 0 atom stereocenters. The van der Waals surface area contributed by atoms with E-state index in [0.717, 1.165) is 0 Å². The van der Waals surface area contributed by atoms with Gasteiger partial charge in [0.05, 0.1) is 17.4 Å². The van der Waals surface area contributed by atoms with Gasteiger partial charge in [-0.3, -0.25) is 4.72 Å². The summed E-state index contributed by atoms with van der Waals surface area (Å²) in [7, 11) is -3.78. The lowest BCUT2D eigenvalue weighted by molar-refractivity contribution is 0.475. The zero-order valence-electron chi connectivity index (χ0n) is 11.2. The highest BCUT2D eigenvalue weighted by molar-refractivity contribution is 7.91. The van der Waals surface area contributed by atoms with Crippen molar-refractivity contribution in [2.75, 3.05) is 4.72 Å². The zero-order chi connectivity index (χ0) is 15.5. The average molecular weight is 303 g/mol. The number of benzene rings is 1. The first kappa shape index (κ1) is 14.8. The van der Waals surface area contributed by atoms with E-state index < -0.39 is 10.0 Å². The predicted molar refractivity (Wildman–Crippen MR) is 78.0 cm³/mol. The molecule has 0 saturated heterocycles. The number of anilines is 1. The second-order valence-electron chi connectivity index (χ2n) is 4.45. The van der Waals surface area contributed by atoms with Crippen molar-refractivity contribution < 1.29 is 13.5 Å². The highest BCUT2D eigenvalue weighted by Crippen LogP contribution is 2.22. The van der Waals surface area contributed by atoms with Crippen molar-refractivity contribution in [1.82, 2.24) is 4.98 Å². The van der Waals surface area contributed by atoms with Crippen molar-refractivity contribution in [2.24, 2.45) is 0 Å². The first-order valence-electron chi connectivity index (χ1n) is 6.06. The second kappa shape index (κ2) is 5.81. The van der Waals surface area contributed by atoms with Crippen molar-refractivity contribution >= 4 is 15.8 Å². The number of aromatic nitrogens is 1. The molecule has 0 amide bonds. The molecule has 0 fully saturated rings. The normalized spacial score (nSPS) is 10.9. The van der Waals surface area contributed by atoms with Crippen LogP contribution in [0.15, 0.2) is 36.4 Å². The third-order valence-corrected chi connectivity index (χ3v) is 3.94. The van der Waals surface area contributed by atoms with Gasteiger partial charge in [0.1, 0.15) is 0 Å². The molecule has 21 heavy (non-hydrogen) atoms. The fourth-order valence-electron chi connectivity index (χ4n) is 1.77. The molecule has 6 nitrogen and oxygen atoms in total. The number of rotatable bonds is 4. The van der Waals surface area contributed by atoms with E-state index in [-0.39, 0.29) is 17.3 Å². The molecule has 108 valence electrons. The first-order valence-corrected chi connectivity index (χ1v) is 7.71. The Kier molecular flexibility index (Phi) is 4.10. The van der Waals surface area contributed by atoms with Gasteiger partial charge in [-0.25, -0.2) is 13.4 Å². The number of sulfonamides is 1. The van der Waals surface area contributed by atoms with Gasteiger partial charge in [-0.15, -0.1) is 0 Å². The van der Waals surface area contributed by atoms with Crippen LogP contribution in [0, 0.1) is 18.3 Å². The Morgan fingerprint density at radius 3 is 2.71 bits per heavy atom. The number of nitrogens with zero attached hydrogens (tertiary/aromatic N) is 2. The quantitative estimate of drug-likeness (QED) is 0.898. The molecule has 0 aliphatic rings. The Balaban J connectivity index is 2.27. The first-order chi connectivity index (χ1) is 9.91. The average Bonchev–Trinajstić information content (AvgIpc) is 2.43. The van der Waals surface area contributed by atoms with Crippen LogP contribution in [0.3, 0.4) is 0 Å². The van der Waals surface area contributed by atoms with Gasteiger partial charge in [0.25, 0.3) is 0 Å². The monoisotopic (exact) mass is 303 g/mol. The summed E-state index contributed by atoms with van der Waals surface area (Å²) in [6.07, 6.45) is 0. The van der Waals surface area contributed by atoms with Crippen LogP contribution in [-0.4, -0.2) is 18.5 Å². The molecule has 1 heterocycles. The van der Waals surface area contributed by atoms with E-state index >= 15 is 0 Å². The van der Waals surface area contributed by atoms with Gasteiger partial charge in [-0.1, -0.05) is 18.2 Å². The predicted octanol–water partition coefficient (Wildman–Crippen LogP) is 1.91. The fraction of sp³-hybridized carbons (Fsp3) is 0.143. The molecule has 1 aromatic carbocycles. The van der Waals surface area contributed by atoms with Crippen molar-refractivity contribution in [3.05, 3.63) is 53.2 Å². The topological polar surface area (TPSA) is 103 Å². The van der Waals surface area contributed by atoms with Crippen LogP contribution < -0.4 is 4.72 Å². The zero-order valence-corrected chi connectivity index (χ0v) is 12.1. The third-order valence-electron chi connectivity index (χ3n) is 2.75. The Morgan fingerprint density at radius 1 is 1.29 bits per heavy atom. The van der Waals surface area contributed by atoms with Crippen molar-refractivity contribution in [3.8, 4) is 11.8 Å². The molecule has 0 radical (unpaired) electrons. The summed E-state index contributed by atoms with van der Waals surface area (Å²) in [5.74, 6) is -0.742. The van der Waals surface area contributed by atoms with E-state index in [1.165, 1.54) is 6.07 Å². The summed E-state index contributed by atoms with van der Waals surface area (Å²) in [6.45, 7) is 1.68. The molecular formula is C14H13N3O3S. The molecule has 2 N–H and O–H groups in total. The van der Waals surface area contributed by atoms with E-state index in [2.05, 4.69) is 9.71 Å². The molecule has 0 bridgehead atoms. The molecule has 0 unspecified atom stereocenters. The molecule has 0 saturated carbocycles. The molecule has 0 spiro atoms. The van der Waals surface area contributed by atoms with E-state index in [1.807, 2.05) is 6.07 Å². The fourth-order valence-corrected chi connectivity index (χ4v) is 2.95. The van der Waals surface area contributed by atoms with Crippen LogP contribution >= 0.6 is 0 Å². The smallest absolute Gasteiger partial charge is 0.238 e. The minimum absolute atomic E-state index is 0.121. The van der Waals surface area contributed by atoms with Crippen LogP contribution in [0.25, 0.3) is 0 Å². The van der Waals surface area contributed by atoms with E-state index in [4.69, 9.17) is 5.26 Å². The van der Waals surface area contributed by atoms with Crippen LogP contribution in [0.2, 0.25) is 0 Å². The number of aryl methyl sites for hydroxylation is 1. The van der Waals surface area contributed by atoms with Gasteiger partial charge < -0.3 is 5.11 Å². The minimum Gasteiger partial charge on any atom is -0.504 e. The summed E-state index contributed by atoms with van der Waals surface area (Å²) in [4.78, 5) is 3.94. The van der Waals surface area contributed by atoms with Gasteiger partial charge in [0, 0.05) is 5.69 Å². The van der Waals surface area contributed by atoms with Crippen LogP contribution in [0.4, 0.5) is 5.82 Å². The molecule has 2 rings (SSSR count). The van der Waals surface area contributed by atoms with Crippen molar-refractivity contribution in [1.29, 1.82) is 5.26 Å². The lowest BCUT2D eigenvalue weighted by atomic mass is 10.1. The van der Waals surface area contributed by atoms with Crippen LogP contribution in [0.5, 0.6) is 5.75 Å². The maximum atomic E-state index is 12.1. The number of pyridine rings is 1. The number of nitriles is 1. The van der Waals surface area contributed by atoms with Gasteiger partial charge in [0.2, 0.25) is 10.0 Å².